The van der Waals surface area contributed by atoms with Crippen LogP contribution in [0.5, 0.6) is 0 Å². The fourth-order valence-electron chi connectivity index (χ4n) is 2.20. The van der Waals surface area contributed by atoms with Crippen LogP contribution < -0.4 is 10.6 Å². The highest BCUT2D eigenvalue weighted by atomic mass is 35.5. The summed E-state index contributed by atoms with van der Waals surface area (Å²) in [5, 5.41) is 6.20. The van der Waals surface area contributed by atoms with E-state index >= 15 is 0 Å². The number of anilines is 1. The average Bonchev–Trinajstić information content (AvgIpc) is 3.10. The van der Waals surface area contributed by atoms with Crippen molar-refractivity contribution in [1.82, 2.24) is 9.88 Å². The fourth-order valence-corrected chi connectivity index (χ4v) is 2.63. The van der Waals surface area contributed by atoms with Crippen molar-refractivity contribution in [2.45, 2.75) is 0 Å². The van der Waals surface area contributed by atoms with Gasteiger partial charge in [-0.25, -0.2) is 0 Å². The highest BCUT2D eigenvalue weighted by Crippen LogP contribution is 2.15. The summed E-state index contributed by atoms with van der Waals surface area (Å²) in [4.78, 5) is 12.1. The lowest BCUT2D eigenvalue weighted by Gasteiger charge is -2.11. The number of amides is 1. The van der Waals surface area contributed by atoms with Crippen LogP contribution >= 0.6 is 23.8 Å². The molecule has 2 N–H and O–H groups in total. The minimum absolute atomic E-state index is 0.216. The Labute approximate surface area is 150 Å². The second kappa shape index (κ2) is 7.29. The third-order valence-corrected chi connectivity index (χ3v) is 3.91. The van der Waals surface area contributed by atoms with Gasteiger partial charge in [0.25, 0.3) is 5.91 Å². The van der Waals surface area contributed by atoms with Crippen molar-refractivity contribution in [3.05, 3.63) is 83.6 Å². The molecule has 0 saturated heterocycles. The Morgan fingerprint density at radius 3 is 2.29 bits per heavy atom. The summed E-state index contributed by atoms with van der Waals surface area (Å²) < 4.78 is 2.00. The molecule has 0 aliphatic rings. The normalized spacial score (nSPS) is 10.2. The highest BCUT2D eigenvalue weighted by molar-refractivity contribution is 7.80. The molecule has 0 bridgehead atoms. The van der Waals surface area contributed by atoms with Gasteiger partial charge in [0.1, 0.15) is 0 Å². The standard InChI is InChI=1S/C18H14ClN3OS/c19-16-6-2-1-5-15(16)17(23)21-18(24)20-13-7-9-14(10-8-13)22-11-3-4-12-22/h1-12H,(H2,20,21,23,24). The lowest BCUT2D eigenvalue weighted by atomic mass is 10.2. The van der Waals surface area contributed by atoms with Crippen LogP contribution in [0.4, 0.5) is 5.69 Å². The SMILES string of the molecule is O=C(NC(=S)Nc1ccc(-n2cccc2)cc1)c1ccccc1Cl. The molecule has 0 aliphatic heterocycles. The molecule has 6 heteroatoms. The summed E-state index contributed by atoms with van der Waals surface area (Å²) in [5.41, 5.74) is 2.21. The number of nitrogens with one attached hydrogen (secondary N) is 2. The van der Waals surface area contributed by atoms with Crippen LogP contribution in [0.1, 0.15) is 10.4 Å². The maximum absolute atomic E-state index is 12.1. The molecule has 120 valence electrons. The maximum atomic E-state index is 12.1. The fraction of sp³-hybridized carbons (Fsp3) is 0. The van der Waals surface area contributed by atoms with E-state index in [1.807, 2.05) is 53.4 Å². The van der Waals surface area contributed by atoms with Gasteiger partial charge in [0.05, 0.1) is 10.6 Å². The minimum Gasteiger partial charge on any atom is -0.332 e. The third-order valence-electron chi connectivity index (χ3n) is 3.37. The van der Waals surface area contributed by atoms with Gasteiger partial charge >= 0.3 is 0 Å². The first-order valence-electron chi connectivity index (χ1n) is 7.24. The number of halogens is 1. The number of nitrogens with zero attached hydrogens (tertiary/aromatic N) is 1. The number of thiocarbonyl (C=S) groups is 1. The van der Waals surface area contributed by atoms with Crippen LogP contribution in [-0.2, 0) is 0 Å². The molecule has 1 heterocycles. The van der Waals surface area contributed by atoms with Gasteiger partial charge in [0.2, 0.25) is 0 Å². The molecule has 24 heavy (non-hydrogen) atoms. The van der Waals surface area contributed by atoms with Crippen molar-refractivity contribution in [2.75, 3.05) is 5.32 Å². The van der Waals surface area contributed by atoms with Crippen molar-refractivity contribution in [3.63, 3.8) is 0 Å². The molecular formula is C18H14ClN3OS. The number of aromatic nitrogens is 1. The molecule has 1 aromatic heterocycles. The van der Waals surface area contributed by atoms with Crippen molar-refractivity contribution < 1.29 is 4.79 Å². The predicted molar refractivity (Wildman–Crippen MR) is 101 cm³/mol. The number of rotatable bonds is 3. The predicted octanol–water partition coefficient (Wildman–Crippen LogP) is 4.26. The van der Waals surface area contributed by atoms with Crippen molar-refractivity contribution in [2.24, 2.45) is 0 Å². The van der Waals surface area contributed by atoms with E-state index in [9.17, 15) is 4.79 Å². The maximum Gasteiger partial charge on any atom is 0.258 e. The second-order valence-corrected chi connectivity index (χ2v) is 5.84. The Bertz CT molecular complexity index is 860. The van der Waals surface area contributed by atoms with Crippen LogP contribution in [0.15, 0.2) is 73.1 Å². The van der Waals surface area contributed by atoms with E-state index in [1.165, 1.54) is 0 Å². The molecule has 0 radical (unpaired) electrons. The zero-order valence-electron chi connectivity index (χ0n) is 12.6. The smallest absolute Gasteiger partial charge is 0.258 e. The molecule has 3 rings (SSSR count). The Hall–Kier alpha value is -2.63. The van der Waals surface area contributed by atoms with Crippen molar-refractivity contribution in [1.29, 1.82) is 0 Å². The highest BCUT2D eigenvalue weighted by Gasteiger charge is 2.11. The van der Waals surface area contributed by atoms with E-state index in [2.05, 4.69) is 10.6 Å². The summed E-state index contributed by atoms with van der Waals surface area (Å²) in [6, 6.07) is 18.4. The molecule has 3 aromatic rings. The summed E-state index contributed by atoms with van der Waals surface area (Å²) in [7, 11) is 0. The van der Waals surface area contributed by atoms with Crippen LogP contribution in [0.25, 0.3) is 5.69 Å². The zero-order valence-corrected chi connectivity index (χ0v) is 14.1. The van der Waals surface area contributed by atoms with Gasteiger partial charge in [-0.15, -0.1) is 0 Å². The lowest BCUT2D eigenvalue weighted by Crippen LogP contribution is -2.34. The first-order valence-corrected chi connectivity index (χ1v) is 8.02. The molecule has 0 aliphatic carbocycles. The number of carbonyl (C=O) groups excluding carboxylic acids is 1. The summed E-state index contributed by atoms with van der Waals surface area (Å²) >= 11 is 11.2. The van der Waals surface area contributed by atoms with E-state index in [-0.39, 0.29) is 11.0 Å². The van der Waals surface area contributed by atoms with Crippen molar-refractivity contribution >= 4 is 40.5 Å². The van der Waals surface area contributed by atoms with Gasteiger partial charge in [0, 0.05) is 23.8 Å². The van der Waals surface area contributed by atoms with Crippen LogP contribution in [0.3, 0.4) is 0 Å². The molecule has 4 nitrogen and oxygen atoms in total. The van der Waals surface area contributed by atoms with E-state index in [4.69, 9.17) is 23.8 Å². The molecule has 2 aromatic carbocycles. The summed E-state index contributed by atoms with van der Waals surface area (Å²) in [5.74, 6) is -0.345. The van der Waals surface area contributed by atoms with Gasteiger partial charge < -0.3 is 9.88 Å². The Morgan fingerprint density at radius 1 is 0.958 bits per heavy atom. The summed E-state index contributed by atoms with van der Waals surface area (Å²) in [6.07, 6.45) is 3.94. The molecule has 0 spiro atoms. The molecule has 0 saturated carbocycles. The second-order valence-electron chi connectivity index (χ2n) is 5.03. The largest absolute Gasteiger partial charge is 0.332 e. The zero-order chi connectivity index (χ0) is 16.9. The molecule has 0 unspecified atom stereocenters. The third kappa shape index (κ3) is 3.82. The first kappa shape index (κ1) is 16.2. The number of benzene rings is 2. The molecular weight excluding hydrogens is 342 g/mol. The van der Waals surface area contributed by atoms with Gasteiger partial charge in [-0.05, 0) is 60.7 Å². The molecule has 0 atom stereocenters. The number of carbonyl (C=O) groups is 1. The van der Waals surface area contributed by atoms with Gasteiger partial charge in [-0.1, -0.05) is 23.7 Å². The van der Waals surface area contributed by atoms with Gasteiger partial charge in [-0.3, -0.25) is 10.1 Å². The van der Waals surface area contributed by atoms with E-state index in [1.54, 1.807) is 24.3 Å². The van der Waals surface area contributed by atoms with Gasteiger partial charge in [-0.2, -0.15) is 0 Å². The van der Waals surface area contributed by atoms with Crippen LogP contribution in [0.2, 0.25) is 5.02 Å². The molecule has 0 fully saturated rings. The number of hydrogen-bond donors (Lipinski definition) is 2. The molecule has 1 amide bonds. The Kier molecular flexibility index (Phi) is 4.93. The number of hydrogen-bond acceptors (Lipinski definition) is 2. The lowest BCUT2D eigenvalue weighted by molar-refractivity contribution is 0.0978. The topological polar surface area (TPSA) is 46.1 Å². The van der Waals surface area contributed by atoms with Crippen LogP contribution in [0, 0.1) is 0 Å². The first-order chi connectivity index (χ1) is 11.6. The summed E-state index contributed by atoms with van der Waals surface area (Å²) in [6.45, 7) is 0. The quantitative estimate of drug-likeness (QED) is 0.690. The van der Waals surface area contributed by atoms with E-state index in [0.717, 1.165) is 11.4 Å². The van der Waals surface area contributed by atoms with Crippen molar-refractivity contribution in [3.8, 4) is 5.69 Å². The van der Waals surface area contributed by atoms with E-state index in [0.29, 0.717) is 10.6 Å². The van der Waals surface area contributed by atoms with E-state index < -0.39 is 0 Å². The Balaban J connectivity index is 1.63. The minimum atomic E-state index is -0.345. The average molecular weight is 356 g/mol. The monoisotopic (exact) mass is 355 g/mol. The van der Waals surface area contributed by atoms with Gasteiger partial charge in [0.15, 0.2) is 5.11 Å². The Morgan fingerprint density at radius 2 is 1.62 bits per heavy atom. The van der Waals surface area contributed by atoms with Crippen LogP contribution in [-0.4, -0.2) is 15.6 Å².